The molecule has 2 rings (SSSR count). The van der Waals surface area contributed by atoms with Crippen molar-refractivity contribution in [2.24, 2.45) is 0 Å². The van der Waals surface area contributed by atoms with Crippen LogP contribution in [0.25, 0.3) is 0 Å². The number of nitrogens with zero attached hydrogens (tertiary/aromatic N) is 1. The van der Waals surface area contributed by atoms with Gasteiger partial charge in [-0.25, -0.2) is 0 Å². The maximum absolute atomic E-state index is 12.4. The van der Waals surface area contributed by atoms with Crippen LogP contribution in [0.3, 0.4) is 0 Å². The van der Waals surface area contributed by atoms with Crippen molar-refractivity contribution in [1.29, 1.82) is 0 Å². The Morgan fingerprint density at radius 2 is 1.86 bits per heavy atom. The van der Waals surface area contributed by atoms with Gasteiger partial charge < -0.3 is 4.74 Å². The fourth-order valence-electron chi connectivity index (χ4n) is 2.70. The average Bonchev–Trinajstić information content (AvgIpc) is 2.56. The number of carbonyl (C=O) groups is 1. The number of piperidine rings is 1. The Morgan fingerprint density at radius 3 is 2.50 bits per heavy atom. The van der Waals surface area contributed by atoms with Crippen LogP contribution in [0.5, 0.6) is 5.75 Å². The Labute approximate surface area is 134 Å². The number of carbonyl (C=O) groups excluding carboxylic acids is 1. The summed E-state index contributed by atoms with van der Waals surface area (Å²) in [5, 5.41) is 0. The highest BCUT2D eigenvalue weighted by molar-refractivity contribution is 6.08. The van der Waals surface area contributed by atoms with Crippen LogP contribution in [0.4, 0.5) is 0 Å². The van der Waals surface area contributed by atoms with Crippen molar-refractivity contribution in [3.63, 3.8) is 0 Å². The van der Waals surface area contributed by atoms with E-state index in [4.69, 9.17) is 4.74 Å². The molecular weight excluding hydrogens is 274 g/mol. The molecule has 1 aromatic rings. The van der Waals surface area contributed by atoms with Gasteiger partial charge in [0.25, 0.3) is 0 Å². The van der Waals surface area contributed by atoms with Gasteiger partial charge in [-0.3, -0.25) is 9.69 Å². The van der Waals surface area contributed by atoms with Crippen molar-refractivity contribution in [1.82, 2.24) is 4.90 Å². The number of benzene rings is 1. The highest BCUT2D eigenvalue weighted by Crippen LogP contribution is 2.17. The number of hydrogen-bond acceptors (Lipinski definition) is 3. The van der Waals surface area contributed by atoms with E-state index in [1.807, 2.05) is 24.3 Å². The van der Waals surface area contributed by atoms with E-state index in [1.54, 1.807) is 0 Å². The van der Waals surface area contributed by atoms with Gasteiger partial charge in [-0.05, 0) is 56.6 Å². The lowest BCUT2D eigenvalue weighted by atomic mass is 10.0. The number of rotatable bonds is 8. The second kappa shape index (κ2) is 8.74. The molecule has 0 aromatic heterocycles. The minimum Gasteiger partial charge on any atom is -0.494 e. The number of hydrogen-bond donors (Lipinski definition) is 0. The molecule has 0 spiro atoms. The van der Waals surface area contributed by atoms with E-state index in [0.29, 0.717) is 17.7 Å². The van der Waals surface area contributed by atoms with Gasteiger partial charge in [0.2, 0.25) is 0 Å². The van der Waals surface area contributed by atoms with Crippen molar-refractivity contribution in [2.45, 2.75) is 39.0 Å². The molecule has 0 bridgehead atoms. The molecule has 1 fully saturated rings. The van der Waals surface area contributed by atoms with Crippen molar-refractivity contribution >= 4 is 5.78 Å². The van der Waals surface area contributed by atoms with Gasteiger partial charge in [0.1, 0.15) is 5.75 Å². The Balaban J connectivity index is 1.86. The summed E-state index contributed by atoms with van der Waals surface area (Å²) in [5.41, 5.74) is 1.38. The number of ether oxygens (including phenoxy) is 1. The van der Waals surface area contributed by atoms with E-state index in [-0.39, 0.29) is 5.78 Å². The summed E-state index contributed by atoms with van der Waals surface area (Å²) in [6.07, 6.45) is 5.92. The first-order valence-corrected chi connectivity index (χ1v) is 8.38. The van der Waals surface area contributed by atoms with E-state index >= 15 is 0 Å². The highest BCUT2D eigenvalue weighted by atomic mass is 16.5. The zero-order chi connectivity index (χ0) is 15.8. The molecule has 22 heavy (non-hydrogen) atoms. The van der Waals surface area contributed by atoms with Gasteiger partial charge in [-0.1, -0.05) is 26.3 Å². The summed E-state index contributed by atoms with van der Waals surface area (Å²) < 4.78 is 5.62. The molecule has 0 aliphatic carbocycles. The van der Waals surface area contributed by atoms with Gasteiger partial charge in [0.05, 0.1) is 6.61 Å². The number of likely N-dealkylation sites (tertiary alicyclic amines) is 1. The molecule has 3 heteroatoms. The second-order valence-electron chi connectivity index (χ2n) is 6.00. The predicted molar refractivity (Wildman–Crippen MR) is 90.6 cm³/mol. The van der Waals surface area contributed by atoms with E-state index in [9.17, 15) is 4.79 Å². The van der Waals surface area contributed by atoms with Gasteiger partial charge in [-0.15, -0.1) is 0 Å². The number of ketones is 1. The Kier molecular flexibility index (Phi) is 6.66. The lowest BCUT2D eigenvalue weighted by molar-refractivity contribution is 0.102. The minimum absolute atomic E-state index is 0.0469. The second-order valence-corrected chi connectivity index (χ2v) is 6.00. The molecule has 1 saturated heterocycles. The van der Waals surface area contributed by atoms with E-state index < -0.39 is 0 Å². The molecular formula is C19H27NO2. The molecule has 1 aliphatic rings. The third kappa shape index (κ3) is 4.99. The fraction of sp³-hybridized carbons (Fsp3) is 0.526. The third-order valence-corrected chi connectivity index (χ3v) is 4.07. The number of Topliss-reactive ketones (excluding diaryl/α,β-unsaturated/α-hetero) is 1. The van der Waals surface area contributed by atoms with E-state index in [1.165, 1.54) is 19.3 Å². The van der Waals surface area contributed by atoms with Gasteiger partial charge in [0.15, 0.2) is 5.78 Å². The lowest BCUT2D eigenvalue weighted by Crippen LogP contribution is -2.32. The smallest absolute Gasteiger partial charge is 0.189 e. The summed E-state index contributed by atoms with van der Waals surface area (Å²) in [4.78, 5) is 14.7. The lowest BCUT2D eigenvalue weighted by Gasteiger charge is -2.26. The predicted octanol–water partition coefficient (Wildman–Crippen LogP) is 4.09. The van der Waals surface area contributed by atoms with Gasteiger partial charge in [0, 0.05) is 17.7 Å². The van der Waals surface area contributed by atoms with Gasteiger partial charge >= 0.3 is 0 Å². The van der Waals surface area contributed by atoms with Crippen LogP contribution >= 0.6 is 0 Å². The largest absolute Gasteiger partial charge is 0.494 e. The summed E-state index contributed by atoms with van der Waals surface area (Å²) in [5.74, 6) is 0.873. The van der Waals surface area contributed by atoms with Crippen molar-refractivity contribution in [3.05, 3.63) is 42.0 Å². The SMILES string of the molecule is C=C(CN1CCCCC1)C(=O)c1ccc(OCCCC)cc1. The topological polar surface area (TPSA) is 29.5 Å². The van der Waals surface area contributed by atoms with Crippen molar-refractivity contribution < 1.29 is 9.53 Å². The third-order valence-electron chi connectivity index (χ3n) is 4.07. The molecule has 0 radical (unpaired) electrons. The zero-order valence-corrected chi connectivity index (χ0v) is 13.6. The Bertz CT molecular complexity index is 487. The average molecular weight is 301 g/mol. The zero-order valence-electron chi connectivity index (χ0n) is 13.6. The minimum atomic E-state index is 0.0469. The van der Waals surface area contributed by atoms with Crippen LogP contribution in [0.2, 0.25) is 0 Å². The highest BCUT2D eigenvalue weighted by Gasteiger charge is 2.16. The Hall–Kier alpha value is -1.61. The normalized spacial score (nSPS) is 15.5. The fourth-order valence-corrected chi connectivity index (χ4v) is 2.70. The van der Waals surface area contributed by atoms with Crippen LogP contribution < -0.4 is 4.74 Å². The maximum Gasteiger partial charge on any atom is 0.189 e. The summed E-state index contributed by atoms with van der Waals surface area (Å²) in [6, 6.07) is 7.42. The van der Waals surface area contributed by atoms with Crippen LogP contribution in [0.1, 0.15) is 49.4 Å². The Morgan fingerprint density at radius 1 is 1.18 bits per heavy atom. The first-order valence-electron chi connectivity index (χ1n) is 8.38. The first kappa shape index (κ1) is 16.8. The van der Waals surface area contributed by atoms with Gasteiger partial charge in [-0.2, -0.15) is 0 Å². The summed E-state index contributed by atoms with van der Waals surface area (Å²) in [6.45, 7) is 9.70. The van der Waals surface area contributed by atoms with Crippen LogP contribution in [0, 0.1) is 0 Å². The molecule has 0 saturated carbocycles. The van der Waals surface area contributed by atoms with Crippen LogP contribution in [-0.4, -0.2) is 36.9 Å². The molecule has 3 nitrogen and oxygen atoms in total. The molecule has 1 heterocycles. The summed E-state index contributed by atoms with van der Waals surface area (Å²) in [7, 11) is 0. The quantitative estimate of drug-likeness (QED) is 0.411. The van der Waals surface area contributed by atoms with Crippen molar-refractivity contribution in [2.75, 3.05) is 26.2 Å². The first-order chi connectivity index (χ1) is 10.7. The molecule has 1 aromatic carbocycles. The van der Waals surface area contributed by atoms with Crippen LogP contribution in [-0.2, 0) is 0 Å². The molecule has 0 atom stereocenters. The molecule has 0 amide bonds. The molecule has 0 unspecified atom stereocenters. The molecule has 120 valence electrons. The number of unbranched alkanes of at least 4 members (excludes halogenated alkanes) is 1. The van der Waals surface area contributed by atoms with E-state index in [0.717, 1.165) is 38.3 Å². The molecule has 1 aliphatic heterocycles. The van der Waals surface area contributed by atoms with Crippen molar-refractivity contribution in [3.8, 4) is 5.75 Å². The van der Waals surface area contributed by atoms with E-state index in [2.05, 4.69) is 18.4 Å². The summed E-state index contributed by atoms with van der Waals surface area (Å²) >= 11 is 0. The molecule has 0 N–H and O–H groups in total. The standard InChI is InChI=1S/C19H27NO2/c1-3-4-14-22-18-10-8-17(9-11-18)19(21)16(2)15-20-12-6-5-7-13-20/h8-11H,2-7,12-15H2,1H3. The van der Waals surface area contributed by atoms with Crippen LogP contribution in [0.15, 0.2) is 36.4 Å². The maximum atomic E-state index is 12.4. The monoisotopic (exact) mass is 301 g/mol.